The highest BCUT2D eigenvalue weighted by molar-refractivity contribution is 6.02. The van der Waals surface area contributed by atoms with Crippen LogP contribution >= 0.6 is 0 Å². The van der Waals surface area contributed by atoms with Crippen LogP contribution in [0.3, 0.4) is 0 Å². The molecular formula is C23H17FN4O4. The van der Waals surface area contributed by atoms with Gasteiger partial charge in [0.1, 0.15) is 11.3 Å². The van der Waals surface area contributed by atoms with Gasteiger partial charge in [-0.1, -0.05) is 12.1 Å². The molecule has 0 unspecified atom stereocenters. The minimum Gasteiger partial charge on any atom is -0.426 e. The number of halogens is 1. The first kappa shape index (κ1) is 20.7. The molecule has 3 aromatic carbocycles. The van der Waals surface area contributed by atoms with Crippen LogP contribution in [0.2, 0.25) is 0 Å². The Morgan fingerprint density at radius 3 is 2.50 bits per heavy atom. The number of amides is 1. The molecule has 1 amide bonds. The smallest absolute Gasteiger partial charge is 0.274 e. The lowest BCUT2D eigenvalue weighted by atomic mass is 10.2. The number of aryl methyl sites for hydroxylation is 1. The zero-order chi connectivity index (χ0) is 22.8. The first-order chi connectivity index (χ1) is 15.3. The molecule has 0 spiro atoms. The second-order valence-corrected chi connectivity index (χ2v) is 7.08. The number of hydrogen-bond acceptors (Lipinski definition) is 5. The van der Waals surface area contributed by atoms with Crippen LogP contribution in [-0.2, 0) is 4.79 Å². The normalized spacial score (nSPS) is 11.2. The number of carbonyl (C=O) groups is 1. The van der Waals surface area contributed by atoms with E-state index in [9.17, 15) is 24.5 Å². The van der Waals surface area contributed by atoms with Gasteiger partial charge in [0.05, 0.1) is 10.4 Å². The Morgan fingerprint density at radius 2 is 1.84 bits per heavy atom. The van der Waals surface area contributed by atoms with Gasteiger partial charge in [0, 0.05) is 29.0 Å². The second-order valence-electron chi connectivity index (χ2n) is 7.08. The minimum absolute atomic E-state index is 0.106. The largest absolute Gasteiger partial charge is 0.426 e. The summed E-state index contributed by atoms with van der Waals surface area (Å²) in [5.74, 6) is -0.496. The first-order valence-corrected chi connectivity index (χ1v) is 9.53. The van der Waals surface area contributed by atoms with Gasteiger partial charge in [-0.2, -0.15) is 4.73 Å². The van der Waals surface area contributed by atoms with Crippen LogP contribution in [0.5, 0.6) is 0 Å². The van der Waals surface area contributed by atoms with Crippen LogP contribution in [0.25, 0.3) is 28.5 Å². The highest BCUT2D eigenvalue weighted by atomic mass is 19.1. The first-order valence-electron chi connectivity index (χ1n) is 9.53. The fourth-order valence-electron chi connectivity index (χ4n) is 3.22. The van der Waals surface area contributed by atoms with Crippen molar-refractivity contribution in [2.24, 2.45) is 0 Å². The van der Waals surface area contributed by atoms with Crippen LogP contribution in [-0.4, -0.2) is 25.8 Å². The van der Waals surface area contributed by atoms with Gasteiger partial charge in [-0.25, -0.2) is 9.37 Å². The van der Waals surface area contributed by atoms with Crippen molar-refractivity contribution in [2.75, 3.05) is 5.32 Å². The SMILES string of the molecule is Cc1cc2nc(-c3ccc(NC(=O)C=Cc4ccc(F)cc4)cc3)n(O)c2cc1[N+](=O)[O-]. The summed E-state index contributed by atoms with van der Waals surface area (Å²) < 4.78 is 13.7. The molecule has 0 aliphatic rings. The van der Waals surface area contributed by atoms with Crippen LogP contribution in [0, 0.1) is 22.9 Å². The Labute approximate surface area is 181 Å². The molecule has 0 saturated heterocycles. The maximum Gasteiger partial charge on any atom is 0.274 e. The third kappa shape index (κ3) is 4.17. The van der Waals surface area contributed by atoms with Crippen molar-refractivity contribution in [3.8, 4) is 11.4 Å². The lowest BCUT2D eigenvalue weighted by molar-refractivity contribution is -0.385. The molecule has 160 valence electrons. The number of nitro benzene ring substituents is 1. The van der Waals surface area contributed by atoms with Crippen LogP contribution in [0.15, 0.2) is 66.7 Å². The Hall–Kier alpha value is -4.53. The van der Waals surface area contributed by atoms with Crippen molar-refractivity contribution >= 4 is 34.4 Å². The molecule has 1 aromatic heterocycles. The number of imidazole rings is 1. The molecule has 32 heavy (non-hydrogen) atoms. The number of anilines is 1. The molecule has 0 atom stereocenters. The Kier molecular flexibility index (Phi) is 5.38. The summed E-state index contributed by atoms with van der Waals surface area (Å²) in [4.78, 5) is 27.1. The van der Waals surface area contributed by atoms with E-state index in [0.717, 1.165) is 4.73 Å². The van der Waals surface area contributed by atoms with E-state index in [1.165, 1.54) is 24.3 Å². The van der Waals surface area contributed by atoms with Crippen molar-refractivity contribution in [1.82, 2.24) is 9.71 Å². The van der Waals surface area contributed by atoms with E-state index in [0.29, 0.717) is 27.9 Å². The molecule has 0 bridgehead atoms. The average Bonchev–Trinajstić information content (AvgIpc) is 3.08. The minimum atomic E-state index is -0.510. The fraction of sp³-hybridized carbons (Fsp3) is 0.0435. The van der Waals surface area contributed by atoms with Gasteiger partial charge >= 0.3 is 0 Å². The summed E-state index contributed by atoms with van der Waals surface area (Å²) in [6.07, 6.45) is 2.90. The lowest BCUT2D eigenvalue weighted by Crippen LogP contribution is -2.07. The third-order valence-electron chi connectivity index (χ3n) is 4.85. The van der Waals surface area contributed by atoms with Crippen molar-refractivity contribution in [3.05, 3.63) is 93.8 Å². The van der Waals surface area contributed by atoms with Gasteiger partial charge in [0.15, 0.2) is 5.82 Å². The fourth-order valence-corrected chi connectivity index (χ4v) is 3.22. The topological polar surface area (TPSA) is 110 Å². The zero-order valence-electron chi connectivity index (χ0n) is 16.8. The van der Waals surface area contributed by atoms with Crippen molar-refractivity contribution in [1.29, 1.82) is 0 Å². The average molecular weight is 432 g/mol. The number of carbonyl (C=O) groups excluding carboxylic acids is 1. The van der Waals surface area contributed by atoms with Crippen molar-refractivity contribution in [2.45, 2.75) is 6.92 Å². The van der Waals surface area contributed by atoms with Gasteiger partial charge < -0.3 is 10.5 Å². The van der Waals surface area contributed by atoms with E-state index >= 15 is 0 Å². The van der Waals surface area contributed by atoms with Crippen LogP contribution < -0.4 is 5.32 Å². The molecule has 9 heteroatoms. The maximum atomic E-state index is 12.9. The van der Waals surface area contributed by atoms with Gasteiger partial charge in [-0.15, -0.1) is 0 Å². The molecule has 8 nitrogen and oxygen atoms in total. The number of aromatic nitrogens is 2. The van der Waals surface area contributed by atoms with Crippen molar-refractivity contribution < 1.29 is 19.3 Å². The number of benzene rings is 3. The number of rotatable bonds is 5. The summed E-state index contributed by atoms with van der Waals surface area (Å²) in [5, 5.41) is 24.3. The maximum absolute atomic E-state index is 12.9. The molecule has 0 aliphatic heterocycles. The molecule has 0 saturated carbocycles. The van der Waals surface area contributed by atoms with E-state index in [1.807, 2.05) is 0 Å². The third-order valence-corrected chi connectivity index (χ3v) is 4.85. The van der Waals surface area contributed by atoms with Gasteiger partial charge in [-0.05, 0) is 61.0 Å². The van der Waals surface area contributed by atoms with Crippen molar-refractivity contribution in [3.63, 3.8) is 0 Å². The Morgan fingerprint density at radius 1 is 1.16 bits per heavy atom. The molecule has 1 heterocycles. The summed E-state index contributed by atoms with van der Waals surface area (Å²) >= 11 is 0. The van der Waals surface area contributed by atoms with Gasteiger partial charge in [0.25, 0.3) is 5.69 Å². The molecule has 0 radical (unpaired) electrons. The molecule has 0 aliphatic carbocycles. The predicted molar refractivity (Wildman–Crippen MR) is 118 cm³/mol. The van der Waals surface area contributed by atoms with E-state index in [1.54, 1.807) is 55.5 Å². The lowest BCUT2D eigenvalue weighted by Gasteiger charge is -2.05. The number of nitrogens with zero attached hydrogens (tertiary/aromatic N) is 3. The van der Waals surface area contributed by atoms with Gasteiger partial charge in [-0.3, -0.25) is 14.9 Å². The highest BCUT2D eigenvalue weighted by Crippen LogP contribution is 2.29. The summed E-state index contributed by atoms with van der Waals surface area (Å²) in [5.41, 5.74) is 2.76. The Balaban J connectivity index is 1.52. The quantitative estimate of drug-likeness (QED) is 0.201. The highest BCUT2D eigenvalue weighted by Gasteiger charge is 2.18. The molecular weight excluding hydrogens is 415 g/mol. The molecule has 4 aromatic rings. The number of fused-ring (bicyclic) bond motifs is 1. The molecule has 2 N–H and O–H groups in total. The monoisotopic (exact) mass is 432 g/mol. The van der Waals surface area contributed by atoms with E-state index in [2.05, 4.69) is 10.3 Å². The number of nitro groups is 1. The van der Waals surface area contributed by atoms with E-state index in [4.69, 9.17) is 0 Å². The summed E-state index contributed by atoms with van der Waals surface area (Å²) in [6.45, 7) is 1.61. The molecule has 4 rings (SSSR count). The van der Waals surface area contributed by atoms with E-state index < -0.39 is 4.92 Å². The standard InChI is InChI=1S/C23H17FN4O4/c1-14-12-19-21(13-20(14)28(31)32)27(30)23(26-19)16-5-9-18(10-6-16)25-22(29)11-4-15-2-7-17(24)8-3-15/h2-13,30H,1H3,(H,25,29). The number of hydrogen-bond donors (Lipinski definition) is 2. The second kappa shape index (κ2) is 8.31. The zero-order valence-corrected chi connectivity index (χ0v) is 16.8. The number of nitrogens with one attached hydrogen (secondary N) is 1. The van der Waals surface area contributed by atoms with E-state index in [-0.39, 0.29) is 28.8 Å². The predicted octanol–water partition coefficient (Wildman–Crippen LogP) is 4.95. The van der Waals surface area contributed by atoms with Gasteiger partial charge in [0.2, 0.25) is 5.91 Å². The molecule has 0 fully saturated rings. The van der Waals surface area contributed by atoms with Crippen LogP contribution in [0.4, 0.5) is 15.8 Å². The van der Waals surface area contributed by atoms with Crippen LogP contribution in [0.1, 0.15) is 11.1 Å². The Bertz CT molecular complexity index is 1360. The summed E-state index contributed by atoms with van der Waals surface area (Å²) in [7, 11) is 0. The summed E-state index contributed by atoms with van der Waals surface area (Å²) in [6, 6.07) is 15.2.